The molecule has 0 fully saturated rings. The summed E-state index contributed by atoms with van der Waals surface area (Å²) in [5.41, 5.74) is 0. The van der Waals surface area contributed by atoms with Crippen LogP contribution in [0.5, 0.6) is 11.5 Å². The number of ether oxygens (including phenoxy) is 2. The molecule has 0 saturated heterocycles. The van der Waals surface area contributed by atoms with Gasteiger partial charge in [-0.25, -0.2) is 0 Å². The summed E-state index contributed by atoms with van der Waals surface area (Å²) >= 11 is 1.31. The van der Waals surface area contributed by atoms with Crippen molar-refractivity contribution in [1.29, 1.82) is 0 Å². The van der Waals surface area contributed by atoms with Gasteiger partial charge in [-0.2, -0.15) is 0 Å². The van der Waals surface area contributed by atoms with Crippen molar-refractivity contribution in [2.75, 3.05) is 13.9 Å². The smallest absolute Gasteiger partial charge is 0.231 e. The molecule has 0 aromatic heterocycles. The third-order valence-electron chi connectivity index (χ3n) is 1.52. The Hall–Kier alpha value is -0.870. The second-order valence-corrected chi connectivity index (χ2v) is 3.24. The average molecular weight is 184 g/mol. The molecular formula is C8H8O3S. The van der Waals surface area contributed by atoms with E-state index >= 15 is 0 Å². The second kappa shape index (κ2) is 3.25. The molecule has 1 aromatic rings. The quantitative estimate of drug-likeness (QED) is 0.657. The zero-order chi connectivity index (χ0) is 8.39. The summed E-state index contributed by atoms with van der Waals surface area (Å²) in [5, 5.41) is 0. The first-order valence-electron chi connectivity index (χ1n) is 3.50. The lowest BCUT2D eigenvalue weighted by Crippen LogP contribution is -1.92. The Balaban J connectivity index is 2.26. The first kappa shape index (κ1) is 7.76. The van der Waals surface area contributed by atoms with Crippen LogP contribution in [0.15, 0.2) is 23.1 Å². The van der Waals surface area contributed by atoms with Crippen LogP contribution in [-0.4, -0.2) is 13.9 Å². The Morgan fingerprint density at radius 2 is 2.17 bits per heavy atom. The van der Waals surface area contributed by atoms with E-state index in [-0.39, 0.29) is 0 Å². The van der Waals surface area contributed by atoms with Crippen molar-refractivity contribution in [3.8, 4) is 11.5 Å². The lowest BCUT2D eigenvalue weighted by atomic mass is 10.3. The summed E-state index contributed by atoms with van der Waals surface area (Å²) in [4.78, 5) is 1.02. The molecule has 12 heavy (non-hydrogen) atoms. The first-order valence-corrected chi connectivity index (χ1v) is 4.24. The standard InChI is InChI=1S/C8H8O3S/c1-9-12-6-2-3-7-8(4-6)11-5-10-7/h2-4H,5H2,1H3. The van der Waals surface area contributed by atoms with Crippen LogP contribution in [-0.2, 0) is 4.18 Å². The van der Waals surface area contributed by atoms with Crippen molar-refractivity contribution in [3.63, 3.8) is 0 Å². The summed E-state index contributed by atoms with van der Waals surface area (Å²) in [6.07, 6.45) is 0. The summed E-state index contributed by atoms with van der Waals surface area (Å²) in [6, 6.07) is 5.71. The Morgan fingerprint density at radius 1 is 1.33 bits per heavy atom. The van der Waals surface area contributed by atoms with Gasteiger partial charge in [0.05, 0.1) is 7.11 Å². The van der Waals surface area contributed by atoms with Crippen LogP contribution >= 0.6 is 12.0 Å². The number of rotatable bonds is 2. The average Bonchev–Trinajstić information content (AvgIpc) is 2.51. The Labute approximate surface area is 74.8 Å². The monoisotopic (exact) mass is 184 g/mol. The lowest BCUT2D eigenvalue weighted by Gasteiger charge is -1.99. The van der Waals surface area contributed by atoms with Crippen molar-refractivity contribution in [2.45, 2.75) is 4.90 Å². The van der Waals surface area contributed by atoms with Gasteiger partial charge in [-0.1, -0.05) is 0 Å². The molecule has 0 bridgehead atoms. The summed E-state index contributed by atoms with van der Waals surface area (Å²) in [7, 11) is 1.63. The van der Waals surface area contributed by atoms with Crippen LogP contribution in [0.2, 0.25) is 0 Å². The van der Waals surface area contributed by atoms with E-state index in [1.54, 1.807) is 7.11 Å². The third kappa shape index (κ3) is 1.35. The Bertz CT molecular complexity index is 288. The molecule has 1 aromatic carbocycles. The highest BCUT2D eigenvalue weighted by Crippen LogP contribution is 2.35. The number of fused-ring (bicyclic) bond motifs is 1. The van der Waals surface area contributed by atoms with Crippen LogP contribution in [0.25, 0.3) is 0 Å². The largest absolute Gasteiger partial charge is 0.454 e. The SMILES string of the molecule is COSc1ccc2c(c1)OCO2. The maximum absolute atomic E-state index is 5.19. The Kier molecular flexibility index (Phi) is 2.10. The van der Waals surface area contributed by atoms with E-state index in [1.807, 2.05) is 18.2 Å². The van der Waals surface area contributed by atoms with Crippen molar-refractivity contribution in [3.05, 3.63) is 18.2 Å². The third-order valence-corrected chi connectivity index (χ3v) is 2.14. The molecule has 0 atom stereocenters. The predicted molar refractivity (Wildman–Crippen MR) is 45.4 cm³/mol. The van der Waals surface area contributed by atoms with Gasteiger partial charge in [0.25, 0.3) is 0 Å². The van der Waals surface area contributed by atoms with Crippen molar-refractivity contribution in [1.82, 2.24) is 0 Å². The van der Waals surface area contributed by atoms with E-state index in [1.165, 1.54) is 12.0 Å². The molecule has 2 rings (SSSR count). The van der Waals surface area contributed by atoms with Gasteiger partial charge in [-0.05, 0) is 12.1 Å². The molecule has 0 spiro atoms. The van der Waals surface area contributed by atoms with Gasteiger partial charge in [0, 0.05) is 23.0 Å². The fourth-order valence-electron chi connectivity index (χ4n) is 1.02. The zero-order valence-corrected chi connectivity index (χ0v) is 7.39. The molecule has 0 unspecified atom stereocenters. The van der Waals surface area contributed by atoms with E-state index < -0.39 is 0 Å². The number of benzene rings is 1. The molecule has 64 valence electrons. The zero-order valence-electron chi connectivity index (χ0n) is 6.57. The van der Waals surface area contributed by atoms with E-state index in [2.05, 4.69) is 0 Å². The van der Waals surface area contributed by atoms with E-state index in [0.29, 0.717) is 6.79 Å². The van der Waals surface area contributed by atoms with Crippen LogP contribution in [0.3, 0.4) is 0 Å². The highest BCUT2D eigenvalue weighted by atomic mass is 32.2. The normalized spacial score (nSPS) is 13.4. The number of hydrogen-bond acceptors (Lipinski definition) is 4. The van der Waals surface area contributed by atoms with Crippen LogP contribution in [0, 0.1) is 0 Å². The van der Waals surface area contributed by atoms with Gasteiger partial charge < -0.3 is 13.7 Å². The molecular weight excluding hydrogens is 176 g/mol. The molecule has 1 aliphatic rings. The minimum absolute atomic E-state index is 0.316. The van der Waals surface area contributed by atoms with Gasteiger partial charge in [0.15, 0.2) is 11.5 Å². The maximum atomic E-state index is 5.19. The molecule has 0 saturated carbocycles. The highest BCUT2D eigenvalue weighted by Gasteiger charge is 2.12. The van der Waals surface area contributed by atoms with Gasteiger partial charge in [0.2, 0.25) is 6.79 Å². The number of hydrogen-bond donors (Lipinski definition) is 0. The molecule has 1 aliphatic heterocycles. The van der Waals surface area contributed by atoms with Crippen LogP contribution in [0.1, 0.15) is 0 Å². The van der Waals surface area contributed by atoms with Gasteiger partial charge in [-0.3, -0.25) is 0 Å². The van der Waals surface area contributed by atoms with Gasteiger partial charge >= 0.3 is 0 Å². The second-order valence-electron chi connectivity index (χ2n) is 2.27. The minimum atomic E-state index is 0.316. The lowest BCUT2D eigenvalue weighted by molar-refractivity contribution is 0.174. The van der Waals surface area contributed by atoms with Gasteiger partial charge in [-0.15, -0.1) is 0 Å². The summed E-state index contributed by atoms with van der Waals surface area (Å²) in [6.45, 7) is 0.316. The highest BCUT2D eigenvalue weighted by molar-refractivity contribution is 7.94. The fraction of sp³-hybridized carbons (Fsp3) is 0.250. The fourth-order valence-corrected chi connectivity index (χ4v) is 1.50. The van der Waals surface area contributed by atoms with Crippen molar-refractivity contribution >= 4 is 12.0 Å². The summed E-state index contributed by atoms with van der Waals surface area (Å²) < 4.78 is 15.3. The predicted octanol–water partition coefficient (Wildman–Crippen LogP) is 2.07. The van der Waals surface area contributed by atoms with Gasteiger partial charge in [0.1, 0.15) is 0 Å². The van der Waals surface area contributed by atoms with Crippen LogP contribution < -0.4 is 9.47 Å². The molecule has 0 radical (unpaired) electrons. The molecule has 0 amide bonds. The maximum Gasteiger partial charge on any atom is 0.231 e. The first-order chi connectivity index (χ1) is 5.90. The molecule has 0 aliphatic carbocycles. The van der Waals surface area contributed by atoms with Crippen molar-refractivity contribution < 1.29 is 13.7 Å². The van der Waals surface area contributed by atoms with Crippen molar-refractivity contribution in [2.24, 2.45) is 0 Å². The topological polar surface area (TPSA) is 27.7 Å². The van der Waals surface area contributed by atoms with Crippen LogP contribution in [0.4, 0.5) is 0 Å². The van der Waals surface area contributed by atoms with E-state index in [0.717, 1.165) is 16.4 Å². The molecule has 4 heteroatoms. The summed E-state index contributed by atoms with van der Waals surface area (Å²) in [5.74, 6) is 1.59. The molecule has 0 N–H and O–H groups in total. The molecule has 3 nitrogen and oxygen atoms in total. The Morgan fingerprint density at radius 3 is 3.00 bits per heavy atom. The van der Waals surface area contributed by atoms with E-state index in [4.69, 9.17) is 13.7 Å². The minimum Gasteiger partial charge on any atom is -0.454 e. The van der Waals surface area contributed by atoms with E-state index in [9.17, 15) is 0 Å². The molecule has 1 heterocycles.